The molecule has 116 valence electrons. The third-order valence-corrected chi connectivity index (χ3v) is 3.23. The number of hydrogen-bond acceptors (Lipinski definition) is 4. The maximum absolute atomic E-state index is 11.7. The summed E-state index contributed by atoms with van der Waals surface area (Å²) in [5, 5.41) is 13.7. The minimum Gasteiger partial charge on any atom is -0.493 e. The molecule has 3 N–H and O–H groups in total. The van der Waals surface area contributed by atoms with E-state index in [2.05, 4.69) is 26.6 Å². The first-order valence-electron chi connectivity index (χ1n) is 6.16. The molecule has 0 aliphatic heterocycles. The molecule has 0 radical (unpaired) electrons. The van der Waals surface area contributed by atoms with Crippen molar-refractivity contribution in [2.45, 2.75) is 12.8 Å². The van der Waals surface area contributed by atoms with Gasteiger partial charge in [-0.15, -0.1) is 0 Å². The second-order valence-electron chi connectivity index (χ2n) is 4.07. The van der Waals surface area contributed by atoms with Gasteiger partial charge in [0.2, 0.25) is 0 Å². The Kier molecular flexibility index (Phi) is 6.80. The van der Waals surface area contributed by atoms with Gasteiger partial charge >= 0.3 is 12.0 Å². The van der Waals surface area contributed by atoms with E-state index in [1.807, 2.05) is 0 Å². The Balaban J connectivity index is 2.61. The second kappa shape index (κ2) is 8.35. The number of ether oxygens (including phenoxy) is 2. The van der Waals surface area contributed by atoms with Crippen LogP contribution in [0.15, 0.2) is 16.6 Å². The molecular formula is C13H17BrN2O5. The van der Waals surface area contributed by atoms with E-state index in [9.17, 15) is 9.59 Å². The Morgan fingerprint density at radius 3 is 2.43 bits per heavy atom. The summed E-state index contributed by atoms with van der Waals surface area (Å²) in [5.74, 6) is 0.138. The number of amides is 2. The van der Waals surface area contributed by atoms with Crippen LogP contribution in [0.2, 0.25) is 0 Å². The molecule has 0 fully saturated rings. The molecule has 0 unspecified atom stereocenters. The SMILES string of the molecule is COc1cc(Br)c(NC(=O)NCCCC(=O)O)cc1OC. The molecule has 1 aromatic carbocycles. The van der Waals surface area contributed by atoms with E-state index in [1.54, 1.807) is 12.1 Å². The van der Waals surface area contributed by atoms with E-state index in [-0.39, 0.29) is 13.0 Å². The molecular weight excluding hydrogens is 344 g/mol. The number of anilines is 1. The van der Waals surface area contributed by atoms with Gasteiger partial charge in [0.1, 0.15) is 0 Å². The van der Waals surface area contributed by atoms with Crippen molar-refractivity contribution in [3.8, 4) is 11.5 Å². The minimum absolute atomic E-state index is 0.0142. The van der Waals surface area contributed by atoms with Crippen LogP contribution in [-0.4, -0.2) is 37.9 Å². The monoisotopic (exact) mass is 360 g/mol. The van der Waals surface area contributed by atoms with E-state index < -0.39 is 12.0 Å². The van der Waals surface area contributed by atoms with Crippen molar-refractivity contribution in [3.05, 3.63) is 16.6 Å². The van der Waals surface area contributed by atoms with E-state index in [0.29, 0.717) is 28.1 Å². The van der Waals surface area contributed by atoms with Gasteiger partial charge in [-0.2, -0.15) is 0 Å². The normalized spacial score (nSPS) is 9.86. The highest BCUT2D eigenvalue weighted by molar-refractivity contribution is 9.10. The van der Waals surface area contributed by atoms with Crippen molar-refractivity contribution < 1.29 is 24.2 Å². The van der Waals surface area contributed by atoms with Gasteiger partial charge in [-0.1, -0.05) is 0 Å². The number of carbonyl (C=O) groups is 2. The highest BCUT2D eigenvalue weighted by atomic mass is 79.9. The average Bonchev–Trinajstić information content (AvgIpc) is 2.45. The lowest BCUT2D eigenvalue weighted by atomic mass is 10.2. The molecule has 8 heteroatoms. The van der Waals surface area contributed by atoms with Crippen LogP contribution in [-0.2, 0) is 4.79 Å². The molecule has 1 rings (SSSR count). The molecule has 0 heterocycles. The summed E-state index contributed by atoms with van der Waals surface area (Å²) in [7, 11) is 3.02. The Labute approximate surface area is 130 Å². The van der Waals surface area contributed by atoms with Crippen molar-refractivity contribution >= 4 is 33.6 Å². The van der Waals surface area contributed by atoms with E-state index in [1.165, 1.54) is 14.2 Å². The predicted octanol–water partition coefficient (Wildman–Crippen LogP) is 2.45. The third kappa shape index (κ3) is 5.50. The topological polar surface area (TPSA) is 96.9 Å². The van der Waals surface area contributed by atoms with Gasteiger partial charge < -0.3 is 25.2 Å². The maximum Gasteiger partial charge on any atom is 0.319 e. The Hall–Kier alpha value is -1.96. The number of carboxylic acids is 1. The molecule has 0 aliphatic rings. The number of methoxy groups -OCH3 is 2. The lowest BCUT2D eigenvalue weighted by molar-refractivity contribution is -0.137. The van der Waals surface area contributed by atoms with Gasteiger partial charge in [0.25, 0.3) is 0 Å². The fraction of sp³-hybridized carbons (Fsp3) is 0.385. The van der Waals surface area contributed by atoms with E-state index >= 15 is 0 Å². The number of aliphatic carboxylic acids is 1. The lowest BCUT2D eigenvalue weighted by Crippen LogP contribution is -2.29. The minimum atomic E-state index is -0.889. The highest BCUT2D eigenvalue weighted by Crippen LogP contribution is 2.36. The van der Waals surface area contributed by atoms with Crippen LogP contribution in [0, 0.1) is 0 Å². The molecule has 0 saturated heterocycles. The van der Waals surface area contributed by atoms with Crippen molar-refractivity contribution in [1.82, 2.24) is 5.32 Å². The standard InChI is InChI=1S/C13H17BrN2O5/c1-20-10-6-8(14)9(7-11(10)21-2)16-13(19)15-5-3-4-12(17)18/h6-7H,3-5H2,1-2H3,(H,17,18)(H2,15,16,19). The zero-order valence-electron chi connectivity index (χ0n) is 11.7. The Morgan fingerprint density at radius 1 is 1.24 bits per heavy atom. The number of halogens is 1. The highest BCUT2D eigenvalue weighted by Gasteiger charge is 2.11. The number of benzene rings is 1. The zero-order valence-corrected chi connectivity index (χ0v) is 13.3. The first-order valence-corrected chi connectivity index (χ1v) is 6.95. The smallest absolute Gasteiger partial charge is 0.319 e. The molecule has 0 spiro atoms. The molecule has 7 nitrogen and oxygen atoms in total. The molecule has 0 aromatic heterocycles. The Morgan fingerprint density at radius 2 is 1.86 bits per heavy atom. The third-order valence-electron chi connectivity index (χ3n) is 2.57. The van der Waals surface area contributed by atoms with Gasteiger partial charge in [0, 0.05) is 29.6 Å². The average molecular weight is 361 g/mol. The van der Waals surface area contributed by atoms with Crippen LogP contribution < -0.4 is 20.1 Å². The fourth-order valence-electron chi connectivity index (χ4n) is 1.56. The summed E-state index contributed by atoms with van der Waals surface area (Å²) in [6, 6.07) is 2.88. The van der Waals surface area contributed by atoms with Crippen molar-refractivity contribution in [2.24, 2.45) is 0 Å². The van der Waals surface area contributed by atoms with Crippen LogP contribution in [0.4, 0.5) is 10.5 Å². The van der Waals surface area contributed by atoms with Gasteiger partial charge in [0.05, 0.1) is 19.9 Å². The number of hydrogen-bond donors (Lipinski definition) is 3. The molecule has 0 bridgehead atoms. The van der Waals surface area contributed by atoms with Gasteiger partial charge in [-0.05, 0) is 22.4 Å². The first kappa shape index (κ1) is 17.1. The summed E-state index contributed by atoms with van der Waals surface area (Å²) in [5.41, 5.74) is 0.517. The molecule has 21 heavy (non-hydrogen) atoms. The molecule has 0 saturated carbocycles. The number of urea groups is 1. The quantitative estimate of drug-likeness (QED) is 0.649. The van der Waals surface area contributed by atoms with E-state index in [0.717, 1.165) is 0 Å². The number of carboxylic acid groups (broad SMARTS) is 1. The maximum atomic E-state index is 11.7. The van der Waals surface area contributed by atoms with Crippen LogP contribution in [0.3, 0.4) is 0 Å². The van der Waals surface area contributed by atoms with Crippen LogP contribution in [0.5, 0.6) is 11.5 Å². The van der Waals surface area contributed by atoms with Crippen LogP contribution >= 0.6 is 15.9 Å². The number of rotatable bonds is 7. The number of nitrogens with one attached hydrogen (secondary N) is 2. The molecule has 2 amide bonds. The largest absolute Gasteiger partial charge is 0.493 e. The molecule has 0 atom stereocenters. The van der Waals surface area contributed by atoms with Crippen molar-refractivity contribution in [2.75, 3.05) is 26.1 Å². The predicted molar refractivity (Wildman–Crippen MR) is 81.1 cm³/mol. The molecule has 0 aliphatic carbocycles. The van der Waals surface area contributed by atoms with Crippen LogP contribution in [0.25, 0.3) is 0 Å². The van der Waals surface area contributed by atoms with Gasteiger partial charge in [0.15, 0.2) is 11.5 Å². The summed E-state index contributed by atoms with van der Waals surface area (Å²) in [4.78, 5) is 22.1. The van der Waals surface area contributed by atoms with Crippen LogP contribution in [0.1, 0.15) is 12.8 Å². The second-order valence-corrected chi connectivity index (χ2v) is 4.92. The molecule has 1 aromatic rings. The first-order chi connectivity index (χ1) is 9.97. The zero-order chi connectivity index (χ0) is 15.8. The summed E-state index contributed by atoms with van der Waals surface area (Å²) >= 11 is 3.32. The summed E-state index contributed by atoms with van der Waals surface area (Å²) in [6.45, 7) is 0.281. The van der Waals surface area contributed by atoms with Crippen molar-refractivity contribution in [1.29, 1.82) is 0 Å². The fourth-order valence-corrected chi connectivity index (χ4v) is 1.98. The van der Waals surface area contributed by atoms with Crippen molar-refractivity contribution in [3.63, 3.8) is 0 Å². The van der Waals surface area contributed by atoms with E-state index in [4.69, 9.17) is 14.6 Å². The summed E-state index contributed by atoms with van der Waals surface area (Å²) in [6.07, 6.45) is 0.385. The van der Waals surface area contributed by atoms with Gasteiger partial charge in [-0.25, -0.2) is 4.79 Å². The van der Waals surface area contributed by atoms with Gasteiger partial charge in [-0.3, -0.25) is 4.79 Å². The summed E-state index contributed by atoms with van der Waals surface area (Å²) < 4.78 is 10.9. The lowest BCUT2D eigenvalue weighted by Gasteiger charge is -2.13. The Bertz CT molecular complexity index is 522. The number of carbonyl (C=O) groups excluding carboxylic acids is 1.